The van der Waals surface area contributed by atoms with Crippen LogP contribution in [-0.4, -0.2) is 31.1 Å². The topological polar surface area (TPSA) is 106 Å². The molecule has 0 aliphatic heterocycles. The number of halogens is 2. The van der Waals surface area contributed by atoms with E-state index in [1.54, 1.807) is 24.3 Å². The maximum atomic E-state index is 5.70. The van der Waals surface area contributed by atoms with Gasteiger partial charge in [-0.3, -0.25) is 20.6 Å². The Hall–Kier alpha value is -5.97. The van der Waals surface area contributed by atoms with Gasteiger partial charge in [-0.25, -0.2) is 0 Å². The summed E-state index contributed by atoms with van der Waals surface area (Å²) in [5, 5.41) is 38.3. The van der Waals surface area contributed by atoms with E-state index >= 15 is 0 Å². The molecule has 10 aromatic rings. The third-order valence-corrected chi connectivity index (χ3v) is 15.2. The van der Waals surface area contributed by atoms with Crippen molar-refractivity contribution in [1.82, 2.24) is 41.2 Å². The second-order valence-electron chi connectivity index (χ2n) is 13.4. The second kappa shape index (κ2) is 25.2. The molecule has 0 amide bonds. The summed E-state index contributed by atoms with van der Waals surface area (Å²) < 4.78 is 0. The van der Waals surface area contributed by atoms with Crippen LogP contribution in [0.4, 0.5) is 0 Å². The summed E-state index contributed by atoms with van der Waals surface area (Å²) >= 11 is 11.4. The minimum Gasteiger partial charge on any atom is -0.330 e. The molecule has 312 valence electrons. The van der Waals surface area contributed by atoms with Crippen LogP contribution in [0.15, 0.2) is 231 Å². The van der Waals surface area contributed by atoms with Crippen molar-refractivity contribution < 1.29 is 21.1 Å². The first-order valence-corrected chi connectivity index (χ1v) is 23.3. The zero-order valence-electron chi connectivity index (χ0n) is 33.6. The van der Waals surface area contributed by atoms with Crippen LogP contribution in [-0.2, 0) is 21.1 Å². The van der Waals surface area contributed by atoms with Crippen molar-refractivity contribution >= 4 is 70.9 Å². The van der Waals surface area contributed by atoms with Crippen LogP contribution >= 0.6 is 39.0 Å². The Labute approximate surface area is 394 Å². The molecule has 0 radical (unpaired) electrons. The van der Waals surface area contributed by atoms with Crippen LogP contribution in [0.5, 0.6) is 0 Å². The Morgan fingerprint density at radius 2 is 0.524 bits per heavy atom. The van der Waals surface area contributed by atoms with Gasteiger partial charge in [0.2, 0.25) is 0 Å². The molecule has 0 unspecified atom stereocenters. The van der Waals surface area contributed by atoms with Crippen LogP contribution in [0.2, 0.25) is 10.0 Å². The number of tetrazole rings is 2. The molecule has 13 heteroatoms. The van der Waals surface area contributed by atoms with Gasteiger partial charge >= 0.3 is 21.1 Å². The molecule has 8 aromatic carbocycles. The van der Waals surface area contributed by atoms with Crippen molar-refractivity contribution in [2.75, 3.05) is 0 Å². The van der Waals surface area contributed by atoms with Crippen molar-refractivity contribution in [2.45, 2.75) is 0 Å². The smallest absolute Gasteiger partial charge is 0.330 e. The summed E-state index contributed by atoms with van der Waals surface area (Å²) in [6, 6.07) is 79.4. The summed E-state index contributed by atoms with van der Waals surface area (Å²) in [5.74, 6) is 1.04. The van der Waals surface area contributed by atoms with E-state index in [2.05, 4.69) is 223 Å². The second-order valence-corrected chi connectivity index (χ2v) is 19.2. The van der Waals surface area contributed by atoms with Gasteiger partial charge < -0.3 is 10.2 Å². The van der Waals surface area contributed by atoms with Gasteiger partial charge in [-0.15, -0.1) is 0 Å². The van der Waals surface area contributed by atoms with E-state index in [-0.39, 0.29) is 21.1 Å². The molecule has 0 fully saturated rings. The van der Waals surface area contributed by atoms with Gasteiger partial charge in [-0.05, 0) is 108 Å². The Kier molecular flexibility index (Phi) is 18.6. The predicted octanol–water partition coefficient (Wildman–Crippen LogP) is 8.65. The van der Waals surface area contributed by atoms with Crippen molar-refractivity contribution in [3.63, 3.8) is 0 Å². The predicted molar refractivity (Wildman–Crippen MR) is 260 cm³/mol. The molecule has 63 heavy (non-hydrogen) atoms. The fraction of sp³-hybridized carbons (Fsp3) is 0. The van der Waals surface area contributed by atoms with Crippen molar-refractivity contribution in [3.8, 4) is 22.8 Å². The molecule has 0 bridgehead atoms. The quantitative estimate of drug-likeness (QED) is 0.139. The maximum Gasteiger partial charge on any atom is 2.00 e. The van der Waals surface area contributed by atoms with Crippen LogP contribution in [0, 0.1) is 0 Å². The summed E-state index contributed by atoms with van der Waals surface area (Å²) in [5.41, 5.74) is 1.73. The van der Waals surface area contributed by atoms with Gasteiger partial charge in [0.25, 0.3) is 0 Å². The first-order chi connectivity index (χ1) is 30.6. The molecule has 0 atom stereocenters. The Bertz CT molecular complexity index is 2350. The van der Waals surface area contributed by atoms with Gasteiger partial charge in [0.15, 0.2) is 0 Å². The standard InChI is InChI=1S/2C18H15P.2C7H4ClN4.Pt/c2*1-4-10-16(11-5-1)19(17-12-6-2-7-13-17)18-14-8-3-9-15-18;2*8-6-3-1-5(2-4-6)7-9-11-12-10-7;/h2*1-15H;2*1-4H;/q;;2*-1;+2/p+2. The van der Waals surface area contributed by atoms with Gasteiger partial charge in [0.05, 0.1) is 15.8 Å². The molecule has 2 aromatic heterocycles. The van der Waals surface area contributed by atoms with E-state index in [9.17, 15) is 0 Å². The fourth-order valence-electron chi connectivity index (χ4n) is 6.35. The van der Waals surface area contributed by atoms with Gasteiger partial charge in [-0.1, -0.05) is 157 Å². The number of aromatic nitrogens is 8. The van der Waals surface area contributed by atoms with Crippen molar-refractivity contribution in [3.05, 3.63) is 241 Å². The summed E-state index contributed by atoms with van der Waals surface area (Å²) in [6.45, 7) is 0. The van der Waals surface area contributed by atoms with Gasteiger partial charge in [0, 0.05) is 21.7 Å². The SMILES string of the molecule is Clc1ccc(-c2nnn[n-]2)cc1.Clc1ccc(-c2nnn[n-]2)cc1.[Pt+2].c1ccc([PH+](c2ccccc2)c2ccccc2)cc1.c1ccc([PH+](c2ccccc2)c2ccccc2)cc1. The summed E-state index contributed by atoms with van der Waals surface area (Å²) in [7, 11) is -1.75. The zero-order chi connectivity index (χ0) is 42.6. The fourth-order valence-corrected chi connectivity index (χ4v) is 11.8. The zero-order valence-corrected chi connectivity index (χ0v) is 39.4. The molecule has 8 nitrogen and oxygen atoms in total. The number of nitrogens with zero attached hydrogens (tertiary/aromatic N) is 8. The molecule has 0 saturated heterocycles. The molecule has 0 saturated carbocycles. The molecule has 0 aliphatic rings. The first-order valence-electron chi connectivity index (χ1n) is 19.6. The van der Waals surface area contributed by atoms with E-state index in [0.717, 1.165) is 11.1 Å². The molecule has 0 spiro atoms. The van der Waals surface area contributed by atoms with E-state index < -0.39 is 15.8 Å². The number of hydrogen-bond donors (Lipinski definition) is 0. The van der Waals surface area contributed by atoms with Gasteiger partial charge in [0.1, 0.15) is 31.8 Å². The molecule has 0 aliphatic carbocycles. The summed E-state index contributed by atoms with van der Waals surface area (Å²) in [6.07, 6.45) is 0. The van der Waals surface area contributed by atoms with Crippen LogP contribution in [0.3, 0.4) is 0 Å². The molecule has 10 rings (SSSR count). The van der Waals surface area contributed by atoms with E-state index in [0.29, 0.717) is 21.7 Å². The van der Waals surface area contributed by atoms with Crippen LogP contribution < -0.4 is 42.0 Å². The van der Waals surface area contributed by atoms with Crippen molar-refractivity contribution in [2.24, 2.45) is 0 Å². The monoisotopic (exact) mass is 1080 g/mol. The average molecular weight is 1080 g/mol. The third kappa shape index (κ3) is 14.0. The van der Waals surface area contributed by atoms with Crippen molar-refractivity contribution in [1.29, 1.82) is 0 Å². The Morgan fingerprint density at radius 3 is 0.714 bits per heavy atom. The largest absolute Gasteiger partial charge is 2.00 e. The normalized spacial score (nSPS) is 10.2. The maximum absolute atomic E-state index is 5.70. The first kappa shape index (κ1) is 46.5. The van der Waals surface area contributed by atoms with E-state index in [4.69, 9.17) is 23.2 Å². The minimum atomic E-state index is -0.877. The number of hydrogen-bond acceptors (Lipinski definition) is 6. The van der Waals surface area contributed by atoms with E-state index in [1.807, 2.05) is 24.3 Å². The third-order valence-electron chi connectivity index (χ3n) is 9.22. The minimum absolute atomic E-state index is 0. The van der Waals surface area contributed by atoms with E-state index in [1.165, 1.54) is 31.8 Å². The molecular weight excluding hydrogens is 1040 g/mol. The molecule has 0 N–H and O–H groups in total. The molecular formula is C50H40Cl2N8P2Pt+2. The number of rotatable bonds is 8. The Balaban J connectivity index is 0.000000142. The van der Waals surface area contributed by atoms with Gasteiger partial charge in [-0.2, -0.15) is 10.4 Å². The number of benzene rings is 8. The van der Waals surface area contributed by atoms with Crippen LogP contribution in [0.1, 0.15) is 0 Å². The summed E-state index contributed by atoms with van der Waals surface area (Å²) in [4.78, 5) is 0. The molecule has 2 heterocycles. The van der Waals surface area contributed by atoms with Crippen LogP contribution in [0.25, 0.3) is 22.8 Å². The Morgan fingerprint density at radius 1 is 0.302 bits per heavy atom. The average Bonchev–Trinajstić information content (AvgIpc) is 4.10.